The van der Waals surface area contributed by atoms with E-state index in [9.17, 15) is 35.4 Å². The number of nitrogens with one attached hydrogen (secondary N) is 1. The summed E-state index contributed by atoms with van der Waals surface area (Å²) in [6.45, 7) is 3.57. The number of rotatable bonds is 35. The van der Waals surface area contributed by atoms with Crippen molar-refractivity contribution in [1.82, 2.24) is 5.32 Å². The normalized spacial score (nSPS) is 22.5. The van der Waals surface area contributed by atoms with Crippen molar-refractivity contribution in [3.63, 3.8) is 0 Å². The molecule has 1 amide bonds. The lowest BCUT2D eigenvalue weighted by Gasteiger charge is -2.40. The van der Waals surface area contributed by atoms with E-state index in [0.717, 1.165) is 32.1 Å². The van der Waals surface area contributed by atoms with Gasteiger partial charge in [0, 0.05) is 0 Å². The van der Waals surface area contributed by atoms with Crippen LogP contribution in [-0.4, -0.2) is 98.7 Å². The van der Waals surface area contributed by atoms with E-state index in [1.165, 1.54) is 116 Å². The average Bonchev–Trinajstić information content (AvgIpc) is 3.16. The Hall–Kier alpha value is -1.37. The van der Waals surface area contributed by atoms with Crippen LogP contribution in [0, 0.1) is 0 Å². The van der Waals surface area contributed by atoms with Gasteiger partial charge in [0.2, 0.25) is 5.91 Å². The van der Waals surface area contributed by atoms with Gasteiger partial charge in [-0.05, 0) is 32.1 Å². The highest BCUT2D eigenvalue weighted by Crippen LogP contribution is 2.22. The maximum atomic E-state index is 13.0. The van der Waals surface area contributed by atoms with Gasteiger partial charge in [0.1, 0.15) is 30.5 Å². The Morgan fingerprint density at radius 1 is 0.642 bits per heavy atom. The minimum absolute atomic E-state index is 0.307. The Bertz CT molecular complexity index is 901. The van der Waals surface area contributed by atoms with Crippen molar-refractivity contribution in [1.29, 1.82) is 0 Å². The third kappa shape index (κ3) is 24.7. The Morgan fingerprint density at radius 3 is 1.64 bits per heavy atom. The highest BCUT2D eigenvalue weighted by molar-refractivity contribution is 5.80. The van der Waals surface area contributed by atoms with Crippen molar-refractivity contribution in [2.24, 2.45) is 0 Å². The van der Waals surface area contributed by atoms with Crippen LogP contribution in [0.5, 0.6) is 0 Å². The molecule has 1 aliphatic heterocycles. The van der Waals surface area contributed by atoms with E-state index in [2.05, 4.69) is 31.3 Å². The smallest absolute Gasteiger partial charge is 0.249 e. The molecule has 10 heteroatoms. The monoisotopic (exact) mass is 756 g/mol. The zero-order valence-corrected chi connectivity index (χ0v) is 33.6. The van der Waals surface area contributed by atoms with Gasteiger partial charge in [0.05, 0.1) is 25.4 Å². The van der Waals surface area contributed by atoms with Gasteiger partial charge in [-0.2, -0.15) is 0 Å². The molecule has 0 aliphatic carbocycles. The third-order valence-corrected chi connectivity index (χ3v) is 10.4. The summed E-state index contributed by atoms with van der Waals surface area (Å²) in [7, 11) is 0. The van der Waals surface area contributed by atoms with Gasteiger partial charge in [-0.3, -0.25) is 4.79 Å². The minimum Gasteiger partial charge on any atom is -0.394 e. The summed E-state index contributed by atoms with van der Waals surface area (Å²) < 4.78 is 11.1. The van der Waals surface area contributed by atoms with Crippen molar-refractivity contribution in [2.75, 3.05) is 13.2 Å². The molecule has 8 atom stereocenters. The second-order valence-electron chi connectivity index (χ2n) is 15.3. The Labute approximate surface area is 322 Å². The van der Waals surface area contributed by atoms with E-state index in [0.29, 0.717) is 19.3 Å². The summed E-state index contributed by atoms with van der Waals surface area (Å²) in [6.07, 6.45) is 28.4. The Kier molecular flexibility index (Phi) is 31.8. The zero-order chi connectivity index (χ0) is 38.9. The number of hydrogen-bond donors (Lipinski definition) is 7. The summed E-state index contributed by atoms with van der Waals surface area (Å²) in [6, 6.07) is -0.991. The molecule has 53 heavy (non-hydrogen) atoms. The number of ether oxygens (including phenoxy) is 2. The van der Waals surface area contributed by atoms with Gasteiger partial charge in [-0.1, -0.05) is 173 Å². The number of carbonyl (C=O) groups is 1. The van der Waals surface area contributed by atoms with Crippen molar-refractivity contribution >= 4 is 5.91 Å². The molecule has 0 radical (unpaired) electrons. The fourth-order valence-corrected chi connectivity index (χ4v) is 6.77. The van der Waals surface area contributed by atoms with E-state index < -0.39 is 61.5 Å². The highest BCUT2D eigenvalue weighted by atomic mass is 16.7. The molecule has 0 spiro atoms. The van der Waals surface area contributed by atoms with E-state index >= 15 is 0 Å². The standard InChI is InChI=1S/C43H81NO9/c1-3-5-7-9-11-13-15-17-18-20-22-24-26-28-30-32-37(47)42(51)44-35(34-52-43-41(50)40(49)39(48)38(33-45)53-43)36(46)31-29-27-25-23-21-19-16-14-12-10-8-6-4-2/h21,23,29,31,35-41,43,45-50H,3-20,22,24-28,30,32-34H2,1-2H3,(H,44,51)/b23-21-,31-29+/t35-,36+,37+,38+,39+,40?,41?,43+/m0/s1. The first-order valence-corrected chi connectivity index (χ1v) is 21.7. The maximum Gasteiger partial charge on any atom is 0.249 e. The van der Waals surface area contributed by atoms with Crippen LogP contribution in [0.4, 0.5) is 0 Å². The van der Waals surface area contributed by atoms with E-state index in [1.807, 2.05) is 6.08 Å². The SMILES string of the molecule is CCCCCCCCC/C=C\CC/C=C/[C@@H](O)[C@H](CO[C@@H]1O[C@H](CO)[C@@H](O)C(O)C1O)NC(=O)[C@H](O)CCCCCCCCCCCCCCCCC. The van der Waals surface area contributed by atoms with Gasteiger partial charge < -0.3 is 45.4 Å². The van der Waals surface area contributed by atoms with Gasteiger partial charge in [0.25, 0.3) is 0 Å². The molecule has 0 saturated carbocycles. The number of aliphatic hydroxyl groups excluding tert-OH is 6. The lowest BCUT2D eigenvalue weighted by molar-refractivity contribution is -0.302. The minimum atomic E-state index is -1.61. The first-order valence-electron chi connectivity index (χ1n) is 21.7. The fraction of sp³-hybridized carbons (Fsp3) is 0.884. The molecule has 0 aromatic rings. The number of allylic oxidation sites excluding steroid dienone is 3. The maximum absolute atomic E-state index is 13.0. The van der Waals surface area contributed by atoms with Crippen LogP contribution in [0.1, 0.15) is 181 Å². The summed E-state index contributed by atoms with van der Waals surface area (Å²) in [5.41, 5.74) is 0. The third-order valence-electron chi connectivity index (χ3n) is 10.4. The molecule has 0 aromatic heterocycles. The number of amides is 1. The highest BCUT2D eigenvalue weighted by Gasteiger charge is 2.44. The van der Waals surface area contributed by atoms with Crippen LogP contribution < -0.4 is 5.32 Å². The molecule has 2 unspecified atom stereocenters. The van der Waals surface area contributed by atoms with E-state index in [-0.39, 0.29) is 6.61 Å². The molecule has 0 aromatic carbocycles. The predicted molar refractivity (Wildman–Crippen MR) is 213 cm³/mol. The second-order valence-corrected chi connectivity index (χ2v) is 15.3. The van der Waals surface area contributed by atoms with Crippen LogP contribution in [0.25, 0.3) is 0 Å². The quantitative estimate of drug-likeness (QED) is 0.0259. The molecule has 1 aliphatic rings. The fourth-order valence-electron chi connectivity index (χ4n) is 6.77. The first kappa shape index (κ1) is 49.6. The largest absolute Gasteiger partial charge is 0.394 e. The number of carbonyl (C=O) groups excluding carboxylic acids is 1. The molecular formula is C43H81NO9. The number of unbranched alkanes of at least 4 members (excludes halogenated alkanes) is 22. The van der Waals surface area contributed by atoms with Gasteiger partial charge in [0.15, 0.2) is 6.29 Å². The molecule has 312 valence electrons. The number of hydrogen-bond acceptors (Lipinski definition) is 9. The molecule has 10 nitrogen and oxygen atoms in total. The molecule has 0 bridgehead atoms. The predicted octanol–water partition coefficient (Wildman–Crippen LogP) is 7.30. The van der Waals surface area contributed by atoms with Crippen LogP contribution in [0.15, 0.2) is 24.3 Å². The summed E-state index contributed by atoms with van der Waals surface area (Å²) in [5.74, 6) is -0.626. The van der Waals surface area contributed by atoms with Crippen molar-refractivity contribution in [3.8, 4) is 0 Å². The first-order chi connectivity index (χ1) is 25.8. The Balaban J connectivity index is 2.47. The van der Waals surface area contributed by atoms with Crippen molar-refractivity contribution < 1.29 is 44.9 Å². The molecule has 1 saturated heterocycles. The zero-order valence-electron chi connectivity index (χ0n) is 33.6. The van der Waals surface area contributed by atoms with Crippen LogP contribution in [-0.2, 0) is 14.3 Å². The van der Waals surface area contributed by atoms with Crippen molar-refractivity contribution in [3.05, 3.63) is 24.3 Å². The van der Waals surface area contributed by atoms with Crippen molar-refractivity contribution in [2.45, 2.75) is 230 Å². The molecule has 7 N–H and O–H groups in total. The lowest BCUT2D eigenvalue weighted by Crippen LogP contribution is -2.60. The van der Waals surface area contributed by atoms with Gasteiger partial charge in [-0.15, -0.1) is 0 Å². The summed E-state index contributed by atoms with van der Waals surface area (Å²) >= 11 is 0. The van der Waals surface area contributed by atoms with E-state index in [1.54, 1.807) is 6.08 Å². The molecular weight excluding hydrogens is 674 g/mol. The second kappa shape index (κ2) is 33.9. The molecule has 1 fully saturated rings. The van der Waals surface area contributed by atoms with Crippen LogP contribution in [0.2, 0.25) is 0 Å². The topological polar surface area (TPSA) is 169 Å². The van der Waals surface area contributed by atoms with Gasteiger partial charge >= 0.3 is 0 Å². The number of aliphatic hydroxyl groups is 6. The molecule has 1 heterocycles. The van der Waals surface area contributed by atoms with Gasteiger partial charge in [-0.25, -0.2) is 0 Å². The lowest BCUT2D eigenvalue weighted by atomic mass is 9.99. The average molecular weight is 756 g/mol. The molecule has 1 rings (SSSR count). The summed E-state index contributed by atoms with van der Waals surface area (Å²) in [4.78, 5) is 13.0. The van der Waals surface area contributed by atoms with Crippen LogP contribution in [0.3, 0.4) is 0 Å². The van der Waals surface area contributed by atoms with E-state index in [4.69, 9.17) is 9.47 Å². The Morgan fingerprint density at radius 2 is 1.11 bits per heavy atom. The summed E-state index contributed by atoms with van der Waals surface area (Å²) in [5, 5.41) is 64.4. The van der Waals surface area contributed by atoms with Crippen LogP contribution >= 0.6 is 0 Å².